The van der Waals surface area contributed by atoms with Crippen molar-refractivity contribution >= 4 is 47.7 Å². The van der Waals surface area contributed by atoms with Gasteiger partial charge in [-0.25, -0.2) is 48.0 Å². The van der Waals surface area contributed by atoms with E-state index in [0.717, 1.165) is 58.0 Å². The van der Waals surface area contributed by atoms with Crippen LogP contribution in [0.15, 0.2) is 126 Å². The maximum absolute atomic E-state index is 14.7. The largest absolute Gasteiger partial charge is 0.497 e. The van der Waals surface area contributed by atoms with E-state index in [0.29, 0.717) is 21.5 Å². The summed E-state index contributed by atoms with van der Waals surface area (Å²) in [6.45, 7) is 5.57. The lowest BCUT2D eigenvalue weighted by molar-refractivity contribution is 0.0982. The van der Waals surface area contributed by atoms with Crippen LogP contribution in [0.3, 0.4) is 0 Å². The number of aromatic nitrogens is 2. The third kappa shape index (κ3) is 20.4. The van der Waals surface area contributed by atoms with Crippen molar-refractivity contribution in [1.29, 1.82) is 0 Å². The molecule has 2 heterocycles. The number of sulfonamides is 2. The van der Waals surface area contributed by atoms with E-state index in [1.165, 1.54) is 101 Å². The predicted molar refractivity (Wildman–Crippen MR) is 305 cm³/mol. The first-order chi connectivity index (χ1) is 37.5. The number of ether oxygens (including phenoxy) is 2. The summed E-state index contributed by atoms with van der Waals surface area (Å²) in [5.41, 5.74) is 16.6. The topological polar surface area (TPSA) is 243 Å². The Bertz CT molecular complexity index is 3200. The van der Waals surface area contributed by atoms with Crippen LogP contribution in [-0.4, -0.2) is 100 Å². The maximum atomic E-state index is 14.7. The number of nitrogens with zero attached hydrogens (tertiary/aromatic N) is 4. The Morgan fingerprint density at radius 1 is 0.662 bits per heavy atom. The van der Waals surface area contributed by atoms with E-state index >= 15 is 0 Å². The summed E-state index contributed by atoms with van der Waals surface area (Å²) < 4.78 is 119. The summed E-state index contributed by atoms with van der Waals surface area (Å²) in [5.74, 6) is -2.03. The fraction of sp³-hybridized carbons (Fsp3) is 0.368. The average molecular weight is 1220 g/mol. The van der Waals surface area contributed by atoms with Crippen molar-refractivity contribution in [2.75, 3.05) is 46.9 Å². The van der Waals surface area contributed by atoms with Crippen LogP contribution in [0.25, 0.3) is 0 Å². The van der Waals surface area contributed by atoms with Crippen LogP contribution in [-0.2, 0) is 50.6 Å². The van der Waals surface area contributed by atoms with Crippen LogP contribution in [0.1, 0.15) is 95.2 Å². The van der Waals surface area contributed by atoms with E-state index in [4.69, 9.17) is 26.7 Å². The molecule has 2 aromatic heterocycles. The summed E-state index contributed by atoms with van der Waals surface area (Å²) >= 11 is 3.26. The van der Waals surface area contributed by atoms with Gasteiger partial charge in [0.15, 0.2) is 5.78 Å². The van der Waals surface area contributed by atoms with Crippen LogP contribution in [0, 0.1) is 29.2 Å². The molecule has 1 fully saturated rings. The van der Waals surface area contributed by atoms with Crippen molar-refractivity contribution in [3.05, 3.63) is 189 Å². The first kappa shape index (κ1) is 66.3. The number of benzene rings is 4. The SMILES string of the molecule is CNC1CCCC[C@H]1C.COc1ccc(CN(C)S(=O)(=O)C[C@](C)(N)c2cc(Br)ccc2F)cc1.COc1ccc(CN(C)S(=O)(=O)C[C@](C)(N)c2cc(CC(=O)c3ccc(F)cn3)ccc2F)cc1.NC(=O)c1ccc(F)cn1. The van der Waals surface area contributed by atoms with Crippen LogP contribution < -0.4 is 32.0 Å². The Balaban J connectivity index is 0.000000264. The first-order valence-corrected chi connectivity index (χ1v) is 29.2. The number of pyridine rings is 2. The van der Waals surface area contributed by atoms with E-state index in [-0.39, 0.29) is 42.0 Å². The Hall–Kier alpha value is -6.18. The van der Waals surface area contributed by atoms with Crippen molar-refractivity contribution in [3.8, 4) is 11.5 Å². The molecule has 1 aliphatic carbocycles. The Labute approximate surface area is 475 Å². The number of amides is 1. The van der Waals surface area contributed by atoms with Crippen LogP contribution in [0.4, 0.5) is 17.6 Å². The number of carbonyl (C=O) groups is 2. The monoisotopic (exact) mass is 1210 g/mol. The van der Waals surface area contributed by atoms with E-state index in [9.17, 15) is 44.0 Å². The summed E-state index contributed by atoms with van der Waals surface area (Å²) in [7, 11) is 0.489. The molecule has 4 atom stereocenters. The molecule has 434 valence electrons. The molecule has 0 bridgehead atoms. The van der Waals surface area contributed by atoms with E-state index < -0.39 is 77.6 Å². The molecular formula is C57H71BrF4N8O8S2. The van der Waals surface area contributed by atoms with Gasteiger partial charge in [-0.1, -0.05) is 72.1 Å². The number of halogens is 5. The maximum Gasteiger partial charge on any atom is 0.267 e. The Kier molecular flexibility index (Phi) is 24.9. The molecule has 0 saturated heterocycles. The summed E-state index contributed by atoms with van der Waals surface area (Å²) in [6.07, 6.45) is 7.43. The zero-order valence-corrected chi connectivity index (χ0v) is 49.3. The third-order valence-electron chi connectivity index (χ3n) is 13.1. The van der Waals surface area contributed by atoms with Gasteiger partial charge in [-0.2, -0.15) is 0 Å². The molecule has 6 aromatic rings. The van der Waals surface area contributed by atoms with Gasteiger partial charge in [0.2, 0.25) is 20.0 Å². The third-order valence-corrected chi connectivity index (χ3v) is 17.7. The minimum Gasteiger partial charge on any atom is -0.497 e. The molecule has 4 aromatic carbocycles. The standard InChI is InChI=1S/C25H27F2N3O4S.C18H22BrFN2O3S.C8H17N.C6H5FN2O/c1-25(28,16-35(32,33)30(2)15-17-4-8-20(34-3)9-5-17)21-12-18(6-10-22(21)27)13-24(31)23-11-7-19(26)14-29-23;1-18(21,16-10-14(19)6-9-17(16)20)12-26(23,24)22(2)11-13-4-7-15(25-3)8-5-13;1-7-5-3-4-6-8(7)9-2;7-4-1-2-5(6(8)10)9-3-4/h4-12,14H,13,15-16,28H2,1-3H3;4-10H,11-12,21H2,1-3H3;7-9H,3-6H2,1-2H3;1-3H,(H2,8,10)/t25-;18-;7-,8?;/m001./s1. The fourth-order valence-electron chi connectivity index (χ4n) is 8.45. The minimum atomic E-state index is -3.88. The van der Waals surface area contributed by atoms with Gasteiger partial charge in [0, 0.05) is 55.2 Å². The molecule has 23 heteroatoms. The summed E-state index contributed by atoms with van der Waals surface area (Å²) in [4.78, 5) is 30.0. The Morgan fingerprint density at radius 3 is 1.49 bits per heavy atom. The van der Waals surface area contributed by atoms with Gasteiger partial charge in [-0.3, -0.25) is 14.6 Å². The average Bonchev–Trinajstić information content (AvgIpc) is 3.53. The number of Topliss-reactive ketones (excluding diaryl/α,β-unsaturated/α-hetero) is 1. The molecule has 80 heavy (non-hydrogen) atoms. The van der Waals surface area contributed by atoms with E-state index in [1.54, 1.807) is 61.7 Å². The first-order valence-electron chi connectivity index (χ1n) is 25.2. The number of primary amides is 1. The second kappa shape index (κ2) is 30.0. The fourth-order valence-corrected chi connectivity index (χ4v) is 11.8. The number of hydrogen-bond acceptors (Lipinski definition) is 13. The number of hydrogen-bond donors (Lipinski definition) is 4. The van der Waals surface area contributed by atoms with Gasteiger partial charge in [-0.05, 0) is 129 Å². The van der Waals surface area contributed by atoms with Gasteiger partial charge in [0.1, 0.15) is 46.2 Å². The molecule has 0 radical (unpaired) electrons. The van der Waals surface area contributed by atoms with Gasteiger partial charge < -0.3 is 32.0 Å². The summed E-state index contributed by atoms with van der Waals surface area (Å²) in [6, 6.07) is 27.9. The molecule has 7 rings (SSSR count). The van der Waals surface area contributed by atoms with Gasteiger partial charge in [0.05, 0.1) is 49.2 Å². The molecule has 0 aliphatic heterocycles. The molecular weight excluding hydrogens is 1140 g/mol. The zero-order valence-electron chi connectivity index (χ0n) is 46.1. The number of rotatable bonds is 19. The highest BCUT2D eigenvalue weighted by atomic mass is 79.9. The minimum absolute atomic E-state index is 0.0312. The van der Waals surface area contributed by atoms with Crippen molar-refractivity contribution in [1.82, 2.24) is 23.9 Å². The highest BCUT2D eigenvalue weighted by molar-refractivity contribution is 9.10. The highest BCUT2D eigenvalue weighted by Gasteiger charge is 2.35. The quantitative estimate of drug-likeness (QED) is 0.0438. The highest BCUT2D eigenvalue weighted by Crippen LogP contribution is 2.29. The van der Waals surface area contributed by atoms with Crippen molar-refractivity contribution in [2.24, 2.45) is 23.1 Å². The van der Waals surface area contributed by atoms with Gasteiger partial charge >= 0.3 is 0 Å². The molecule has 1 amide bonds. The number of nitrogens with one attached hydrogen (secondary N) is 1. The lowest BCUT2D eigenvalue weighted by Gasteiger charge is -2.28. The molecule has 16 nitrogen and oxygen atoms in total. The lowest BCUT2D eigenvalue weighted by atomic mass is 9.86. The number of carbonyl (C=O) groups excluding carboxylic acids is 2. The van der Waals surface area contributed by atoms with Crippen LogP contribution in [0.2, 0.25) is 0 Å². The smallest absolute Gasteiger partial charge is 0.267 e. The molecule has 7 N–H and O–H groups in total. The molecule has 1 saturated carbocycles. The van der Waals surface area contributed by atoms with Crippen LogP contribution in [0.5, 0.6) is 11.5 Å². The molecule has 1 aliphatic rings. The lowest BCUT2D eigenvalue weighted by Crippen LogP contribution is -2.45. The number of methoxy groups -OCH3 is 2. The second-order valence-electron chi connectivity index (χ2n) is 19.8. The second-order valence-corrected chi connectivity index (χ2v) is 24.9. The predicted octanol–water partition coefficient (Wildman–Crippen LogP) is 8.77. The van der Waals surface area contributed by atoms with Gasteiger partial charge in [-0.15, -0.1) is 0 Å². The van der Waals surface area contributed by atoms with Crippen molar-refractivity contribution in [2.45, 2.75) is 83.1 Å². The van der Waals surface area contributed by atoms with E-state index in [1.807, 2.05) is 0 Å². The molecule has 1 unspecified atom stereocenters. The van der Waals surface area contributed by atoms with E-state index in [2.05, 4.69) is 45.2 Å². The normalized spacial score (nSPS) is 15.8. The Morgan fingerprint density at radius 2 is 1.09 bits per heavy atom. The number of nitrogens with two attached hydrogens (primary N) is 3. The number of ketones is 1. The van der Waals surface area contributed by atoms with Gasteiger partial charge in [0.25, 0.3) is 5.91 Å². The summed E-state index contributed by atoms with van der Waals surface area (Å²) in [5, 5.41) is 3.35. The van der Waals surface area contributed by atoms with Crippen molar-refractivity contribution < 1.29 is 53.5 Å². The zero-order chi connectivity index (χ0) is 59.6. The van der Waals surface area contributed by atoms with Crippen LogP contribution >= 0.6 is 15.9 Å². The van der Waals surface area contributed by atoms with Crippen molar-refractivity contribution in [3.63, 3.8) is 0 Å². The molecule has 0 spiro atoms.